The number of aliphatic imine (C=N–C) groups is 1. The molecular weight excluding hydrogens is 478 g/mol. The Balaban J connectivity index is 1.43. The van der Waals surface area contributed by atoms with E-state index in [1.807, 2.05) is 24.4 Å². The van der Waals surface area contributed by atoms with Crippen molar-refractivity contribution >= 4 is 29.3 Å². The molecule has 0 bridgehead atoms. The maximum absolute atomic E-state index is 12.7. The average molecular weight is 510 g/mol. The number of piperidine rings is 1. The lowest BCUT2D eigenvalue weighted by Crippen LogP contribution is -2.36. The maximum atomic E-state index is 12.7. The molecule has 5 rings (SSSR count). The molecule has 1 unspecified atom stereocenters. The number of carbonyl (C=O) groups excluding carboxylic acids is 1. The van der Waals surface area contributed by atoms with Crippen LogP contribution < -0.4 is 16.8 Å². The van der Waals surface area contributed by atoms with Crippen molar-refractivity contribution in [2.75, 3.05) is 37.7 Å². The number of pyridine rings is 1. The highest BCUT2D eigenvalue weighted by molar-refractivity contribution is 6.04. The van der Waals surface area contributed by atoms with Crippen LogP contribution in [0.1, 0.15) is 34.9 Å². The van der Waals surface area contributed by atoms with Crippen molar-refractivity contribution in [3.63, 3.8) is 0 Å². The van der Waals surface area contributed by atoms with E-state index in [0.717, 1.165) is 60.6 Å². The lowest BCUT2D eigenvalue weighted by molar-refractivity contribution is 0.102. The summed E-state index contributed by atoms with van der Waals surface area (Å²) in [5.41, 5.74) is 16.1. The second-order valence-corrected chi connectivity index (χ2v) is 9.30. The van der Waals surface area contributed by atoms with Gasteiger partial charge in [-0.15, -0.1) is 0 Å². The van der Waals surface area contributed by atoms with Gasteiger partial charge in [0.25, 0.3) is 5.91 Å². The Morgan fingerprint density at radius 1 is 1.18 bits per heavy atom. The standard InChI is InChI=1S/C28H31N9O/c1-31-16-19(15-29)17-36-13-4-5-22(18-36)27-35-24(25-26(30)33-12-14-37(25)27)20-7-9-21(10-8-20)28(38)34-23-6-2-3-11-32-23/h2-3,6-12,14-16,22H,4-5,13,17-18,29H2,1H3,(H2,30,33)(H,32,34,38). The second-order valence-electron chi connectivity index (χ2n) is 9.30. The number of hydrogen-bond acceptors (Lipinski definition) is 8. The van der Waals surface area contributed by atoms with Gasteiger partial charge in [-0.2, -0.15) is 0 Å². The van der Waals surface area contributed by atoms with Crippen molar-refractivity contribution in [3.05, 3.63) is 84.2 Å². The third-order valence-corrected chi connectivity index (χ3v) is 6.72. The van der Waals surface area contributed by atoms with Gasteiger partial charge in [0.05, 0.1) is 0 Å². The summed E-state index contributed by atoms with van der Waals surface area (Å²) in [4.78, 5) is 32.8. The molecule has 4 aromatic rings. The van der Waals surface area contributed by atoms with E-state index in [0.29, 0.717) is 17.2 Å². The van der Waals surface area contributed by atoms with Crippen LogP contribution >= 0.6 is 0 Å². The topological polar surface area (TPSA) is 140 Å². The molecule has 1 aliphatic heterocycles. The molecule has 1 fully saturated rings. The van der Waals surface area contributed by atoms with Crippen molar-refractivity contribution in [1.82, 2.24) is 24.3 Å². The fraction of sp³-hybridized carbons (Fsp3) is 0.250. The van der Waals surface area contributed by atoms with Gasteiger partial charge in [0.1, 0.15) is 28.7 Å². The molecule has 0 spiro atoms. The highest BCUT2D eigenvalue weighted by Crippen LogP contribution is 2.34. The van der Waals surface area contributed by atoms with E-state index in [9.17, 15) is 4.79 Å². The number of fused-ring (bicyclic) bond motifs is 1. The molecule has 10 heteroatoms. The number of anilines is 2. The largest absolute Gasteiger partial charge is 0.404 e. The quantitative estimate of drug-likeness (QED) is 0.325. The van der Waals surface area contributed by atoms with Crippen LogP contribution in [-0.4, -0.2) is 63.1 Å². The van der Waals surface area contributed by atoms with Gasteiger partial charge in [-0.1, -0.05) is 18.2 Å². The van der Waals surface area contributed by atoms with Crippen molar-refractivity contribution in [2.24, 2.45) is 10.7 Å². The zero-order chi connectivity index (χ0) is 26.5. The second kappa shape index (κ2) is 11.2. The first-order valence-corrected chi connectivity index (χ1v) is 12.6. The van der Waals surface area contributed by atoms with Crippen LogP contribution in [0.25, 0.3) is 16.8 Å². The number of benzene rings is 1. The highest BCUT2D eigenvalue weighted by atomic mass is 16.1. The fourth-order valence-electron chi connectivity index (χ4n) is 4.95. The normalized spacial score (nSPS) is 16.8. The zero-order valence-corrected chi connectivity index (χ0v) is 21.3. The summed E-state index contributed by atoms with van der Waals surface area (Å²) in [6, 6.07) is 12.7. The number of nitrogen functional groups attached to an aromatic ring is 1. The number of nitrogens with one attached hydrogen (secondary N) is 1. The molecule has 0 radical (unpaired) electrons. The van der Waals surface area contributed by atoms with Crippen LogP contribution in [0.15, 0.2) is 77.8 Å². The van der Waals surface area contributed by atoms with Gasteiger partial charge in [0.2, 0.25) is 0 Å². The van der Waals surface area contributed by atoms with Gasteiger partial charge in [-0.3, -0.25) is 19.1 Å². The Morgan fingerprint density at radius 3 is 2.76 bits per heavy atom. The molecule has 1 atom stereocenters. The molecule has 0 saturated carbocycles. The number of hydrogen-bond donors (Lipinski definition) is 3. The molecule has 38 heavy (non-hydrogen) atoms. The van der Waals surface area contributed by atoms with Gasteiger partial charge >= 0.3 is 0 Å². The molecule has 3 aromatic heterocycles. The van der Waals surface area contributed by atoms with Crippen LogP contribution in [0.2, 0.25) is 0 Å². The summed E-state index contributed by atoms with van der Waals surface area (Å²) in [5.74, 6) is 1.86. The summed E-state index contributed by atoms with van der Waals surface area (Å²) < 4.78 is 2.06. The Bertz CT molecular complexity index is 1480. The van der Waals surface area contributed by atoms with Gasteiger partial charge in [-0.25, -0.2) is 15.0 Å². The summed E-state index contributed by atoms with van der Waals surface area (Å²) in [6.07, 6.45) is 10.8. The van der Waals surface area contributed by atoms with E-state index in [1.165, 1.54) is 0 Å². The number of carbonyl (C=O) groups is 1. The van der Waals surface area contributed by atoms with Crippen LogP contribution in [0.5, 0.6) is 0 Å². The first-order valence-electron chi connectivity index (χ1n) is 12.6. The van der Waals surface area contributed by atoms with Crippen molar-refractivity contribution in [1.29, 1.82) is 0 Å². The van der Waals surface area contributed by atoms with Crippen LogP contribution in [0.4, 0.5) is 11.6 Å². The van der Waals surface area contributed by atoms with E-state index in [4.69, 9.17) is 16.5 Å². The third-order valence-electron chi connectivity index (χ3n) is 6.72. The molecule has 5 N–H and O–H groups in total. The van der Waals surface area contributed by atoms with E-state index >= 15 is 0 Å². The number of amides is 1. The van der Waals surface area contributed by atoms with Gasteiger partial charge in [0.15, 0.2) is 0 Å². The lowest BCUT2D eigenvalue weighted by Gasteiger charge is -2.32. The van der Waals surface area contributed by atoms with E-state index in [2.05, 4.69) is 29.6 Å². The van der Waals surface area contributed by atoms with Gasteiger partial charge in [-0.05, 0) is 55.4 Å². The van der Waals surface area contributed by atoms with Crippen LogP contribution in [-0.2, 0) is 0 Å². The lowest BCUT2D eigenvalue weighted by atomic mass is 9.97. The maximum Gasteiger partial charge on any atom is 0.256 e. The Hall–Kier alpha value is -4.57. The summed E-state index contributed by atoms with van der Waals surface area (Å²) in [7, 11) is 1.75. The Morgan fingerprint density at radius 2 is 2.03 bits per heavy atom. The minimum Gasteiger partial charge on any atom is -0.404 e. The first kappa shape index (κ1) is 25.1. The molecule has 1 aliphatic rings. The van der Waals surface area contributed by atoms with Gasteiger partial charge in [0, 0.05) is 62.0 Å². The Labute approximate surface area is 221 Å². The molecule has 1 amide bonds. The Kier molecular flexibility index (Phi) is 7.41. The molecule has 10 nitrogen and oxygen atoms in total. The third kappa shape index (κ3) is 5.25. The monoisotopic (exact) mass is 509 g/mol. The predicted molar refractivity (Wildman–Crippen MR) is 150 cm³/mol. The highest BCUT2D eigenvalue weighted by Gasteiger charge is 2.27. The minimum atomic E-state index is -0.229. The number of imidazole rings is 1. The SMILES string of the molecule is CN=CC(=CN)CN1CCCC(c2nc(-c3ccc(C(=O)Nc4ccccn4)cc3)c3c(N)nccn23)C1. The molecule has 1 aromatic carbocycles. The van der Waals surface area contributed by atoms with E-state index in [-0.39, 0.29) is 11.8 Å². The smallest absolute Gasteiger partial charge is 0.256 e. The fourth-order valence-corrected chi connectivity index (χ4v) is 4.95. The van der Waals surface area contributed by atoms with Crippen LogP contribution in [0, 0.1) is 0 Å². The van der Waals surface area contributed by atoms with Gasteiger partial charge < -0.3 is 16.8 Å². The molecule has 194 valence electrons. The number of rotatable bonds is 7. The number of nitrogens with two attached hydrogens (primary N) is 2. The van der Waals surface area contributed by atoms with Crippen molar-refractivity contribution < 1.29 is 4.79 Å². The first-order chi connectivity index (χ1) is 18.6. The number of nitrogens with zero attached hydrogens (tertiary/aromatic N) is 6. The molecule has 1 saturated heterocycles. The average Bonchev–Trinajstić information content (AvgIpc) is 3.35. The summed E-state index contributed by atoms with van der Waals surface area (Å²) >= 11 is 0. The van der Waals surface area contributed by atoms with Crippen molar-refractivity contribution in [2.45, 2.75) is 18.8 Å². The predicted octanol–water partition coefficient (Wildman–Crippen LogP) is 3.35. The van der Waals surface area contributed by atoms with Crippen LogP contribution in [0.3, 0.4) is 0 Å². The molecule has 4 heterocycles. The number of likely N-dealkylation sites (tertiary alicyclic amines) is 1. The van der Waals surface area contributed by atoms with E-state index in [1.54, 1.807) is 56.1 Å². The van der Waals surface area contributed by atoms with E-state index < -0.39 is 0 Å². The minimum absolute atomic E-state index is 0.216. The summed E-state index contributed by atoms with van der Waals surface area (Å²) in [6.45, 7) is 2.59. The van der Waals surface area contributed by atoms with Crippen molar-refractivity contribution in [3.8, 4) is 11.3 Å². The zero-order valence-electron chi connectivity index (χ0n) is 21.3. The number of aromatic nitrogens is 4. The molecule has 0 aliphatic carbocycles. The molecular formula is C28H31N9O. The summed E-state index contributed by atoms with van der Waals surface area (Å²) in [5, 5.41) is 2.81.